The standard InChI is InChI=1S/C15H19NO4/c1-2-5-15(6-3-1)19-9-4-8-17-11-12-18-13-14-7-10-20-16-14/h1-3,5-7,10H,4,8-9,11-13H2. The molecule has 0 radical (unpaired) electrons. The maximum Gasteiger partial charge on any atom is 0.124 e. The molecule has 1 aromatic carbocycles. The van der Waals surface area contributed by atoms with Crippen molar-refractivity contribution in [3.05, 3.63) is 48.4 Å². The second kappa shape index (κ2) is 9.12. The smallest absolute Gasteiger partial charge is 0.124 e. The highest BCUT2D eigenvalue weighted by Gasteiger charge is 1.96. The highest BCUT2D eigenvalue weighted by atomic mass is 16.5. The van der Waals surface area contributed by atoms with E-state index in [2.05, 4.69) is 5.16 Å². The number of para-hydroxylation sites is 1. The van der Waals surface area contributed by atoms with E-state index in [0.717, 1.165) is 17.9 Å². The first-order valence-electron chi connectivity index (χ1n) is 6.68. The third-order valence-corrected chi connectivity index (χ3v) is 2.56. The SMILES string of the molecule is c1ccc(OCCCOCCOCc2ccon2)cc1. The van der Waals surface area contributed by atoms with Gasteiger partial charge in [-0.15, -0.1) is 0 Å². The molecule has 1 heterocycles. The molecule has 1 aromatic heterocycles. The van der Waals surface area contributed by atoms with Gasteiger partial charge in [-0.1, -0.05) is 23.4 Å². The Morgan fingerprint density at radius 2 is 1.75 bits per heavy atom. The third-order valence-electron chi connectivity index (χ3n) is 2.56. The van der Waals surface area contributed by atoms with Gasteiger partial charge in [-0.25, -0.2) is 0 Å². The molecular weight excluding hydrogens is 258 g/mol. The largest absolute Gasteiger partial charge is 0.494 e. The molecule has 0 bridgehead atoms. The summed E-state index contributed by atoms with van der Waals surface area (Å²) < 4.78 is 21.1. The van der Waals surface area contributed by atoms with Crippen LogP contribution in [0.25, 0.3) is 0 Å². The van der Waals surface area contributed by atoms with E-state index in [4.69, 9.17) is 18.7 Å². The first kappa shape index (κ1) is 14.6. The minimum absolute atomic E-state index is 0.455. The van der Waals surface area contributed by atoms with Gasteiger partial charge < -0.3 is 18.7 Å². The van der Waals surface area contributed by atoms with Crippen LogP contribution in [0.2, 0.25) is 0 Å². The van der Waals surface area contributed by atoms with Gasteiger partial charge in [0.15, 0.2) is 0 Å². The number of hydrogen-bond donors (Lipinski definition) is 0. The summed E-state index contributed by atoms with van der Waals surface area (Å²) in [6.07, 6.45) is 2.39. The maximum atomic E-state index is 5.55. The summed E-state index contributed by atoms with van der Waals surface area (Å²) in [6, 6.07) is 11.5. The van der Waals surface area contributed by atoms with E-state index in [1.165, 1.54) is 6.26 Å². The molecule has 20 heavy (non-hydrogen) atoms. The Balaban J connectivity index is 1.39. The molecule has 0 fully saturated rings. The van der Waals surface area contributed by atoms with Crippen LogP contribution < -0.4 is 4.74 Å². The Morgan fingerprint density at radius 1 is 0.900 bits per heavy atom. The van der Waals surface area contributed by atoms with Crippen molar-refractivity contribution in [2.24, 2.45) is 0 Å². The summed E-state index contributed by atoms with van der Waals surface area (Å²) in [5.41, 5.74) is 0.793. The van der Waals surface area contributed by atoms with Gasteiger partial charge in [0.25, 0.3) is 0 Å². The summed E-state index contributed by atoms with van der Waals surface area (Å²) >= 11 is 0. The van der Waals surface area contributed by atoms with Gasteiger partial charge in [-0.2, -0.15) is 0 Å². The molecule has 0 spiro atoms. The van der Waals surface area contributed by atoms with Gasteiger partial charge in [0, 0.05) is 19.1 Å². The fourth-order valence-corrected chi connectivity index (χ4v) is 1.58. The van der Waals surface area contributed by atoms with Crippen LogP contribution in [-0.4, -0.2) is 31.6 Å². The van der Waals surface area contributed by atoms with Gasteiger partial charge in [0.2, 0.25) is 0 Å². The summed E-state index contributed by atoms with van der Waals surface area (Å²) in [7, 11) is 0. The van der Waals surface area contributed by atoms with E-state index in [1.807, 2.05) is 30.3 Å². The molecular formula is C15H19NO4. The van der Waals surface area contributed by atoms with Crippen molar-refractivity contribution >= 4 is 0 Å². The normalized spacial score (nSPS) is 10.6. The summed E-state index contributed by atoms with van der Waals surface area (Å²) in [4.78, 5) is 0. The van der Waals surface area contributed by atoms with Crippen LogP contribution in [0.5, 0.6) is 5.75 Å². The molecule has 5 nitrogen and oxygen atoms in total. The Kier molecular flexibility index (Phi) is 6.64. The Bertz CT molecular complexity index is 444. The van der Waals surface area contributed by atoms with Crippen LogP contribution in [0.4, 0.5) is 0 Å². The highest BCUT2D eigenvalue weighted by molar-refractivity contribution is 5.20. The molecule has 0 aliphatic rings. The summed E-state index contributed by atoms with van der Waals surface area (Å²) in [5.74, 6) is 0.892. The minimum Gasteiger partial charge on any atom is -0.494 e. The van der Waals surface area contributed by atoms with Crippen molar-refractivity contribution < 1.29 is 18.7 Å². The molecule has 0 unspecified atom stereocenters. The quantitative estimate of drug-likeness (QED) is 0.625. The molecule has 0 saturated carbocycles. The molecule has 0 aliphatic heterocycles. The number of ether oxygens (including phenoxy) is 3. The number of aromatic nitrogens is 1. The molecule has 0 saturated heterocycles. The van der Waals surface area contributed by atoms with E-state index < -0.39 is 0 Å². The van der Waals surface area contributed by atoms with Crippen molar-refractivity contribution in [3.63, 3.8) is 0 Å². The molecule has 0 atom stereocenters. The zero-order valence-electron chi connectivity index (χ0n) is 11.4. The van der Waals surface area contributed by atoms with Gasteiger partial charge in [0.1, 0.15) is 17.7 Å². The first-order chi connectivity index (χ1) is 9.95. The predicted molar refractivity (Wildman–Crippen MR) is 73.5 cm³/mol. The van der Waals surface area contributed by atoms with Gasteiger partial charge in [0.05, 0.1) is 26.4 Å². The Morgan fingerprint density at radius 3 is 2.55 bits per heavy atom. The van der Waals surface area contributed by atoms with Crippen molar-refractivity contribution in [1.29, 1.82) is 0 Å². The van der Waals surface area contributed by atoms with E-state index >= 15 is 0 Å². The lowest BCUT2D eigenvalue weighted by Crippen LogP contribution is -2.08. The Hall–Kier alpha value is -1.85. The van der Waals surface area contributed by atoms with E-state index in [0.29, 0.717) is 33.0 Å². The fourth-order valence-electron chi connectivity index (χ4n) is 1.58. The zero-order valence-corrected chi connectivity index (χ0v) is 11.4. The van der Waals surface area contributed by atoms with Crippen LogP contribution in [0, 0.1) is 0 Å². The molecule has 0 aliphatic carbocycles. The summed E-state index contributed by atoms with van der Waals surface area (Å²) in [6.45, 7) is 2.90. The molecule has 0 amide bonds. The highest BCUT2D eigenvalue weighted by Crippen LogP contribution is 2.08. The van der Waals surface area contributed by atoms with Crippen LogP contribution in [0.1, 0.15) is 12.1 Å². The van der Waals surface area contributed by atoms with Crippen LogP contribution in [-0.2, 0) is 16.1 Å². The molecule has 0 N–H and O–H groups in total. The maximum absolute atomic E-state index is 5.55. The second-order valence-corrected chi connectivity index (χ2v) is 4.17. The lowest BCUT2D eigenvalue weighted by atomic mass is 10.3. The van der Waals surface area contributed by atoms with Gasteiger partial charge in [-0.05, 0) is 12.1 Å². The van der Waals surface area contributed by atoms with Crippen LogP contribution in [0.15, 0.2) is 47.2 Å². The molecule has 2 aromatic rings. The topological polar surface area (TPSA) is 53.7 Å². The van der Waals surface area contributed by atoms with E-state index in [9.17, 15) is 0 Å². The average Bonchev–Trinajstić information content (AvgIpc) is 3.00. The molecule has 108 valence electrons. The Labute approximate surface area is 118 Å². The number of benzene rings is 1. The van der Waals surface area contributed by atoms with Crippen molar-refractivity contribution in [3.8, 4) is 5.75 Å². The predicted octanol–water partition coefficient (Wildman–Crippen LogP) is 2.68. The number of nitrogens with zero attached hydrogens (tertiary/aromatic N) is 1. The second-order valence-electron chi connectivity index (χ2n) is 4.17. The van der Waals surface area contributed by atoms with Gasteiger partial charge in [-0.3, -0.25) is 0 Å². The fraction of sp³-hybridized carbons (Fsp3) is 0.400. The molecule has 5 heteroatoms. The zero-order chi connectivity index (χ0) is 13.9. The lowest BCUT2D eigenvalue weighted by Gasteiger charge is -2.07. The van der Waals surface area contributed by atoms with E-state index in [-0.39, 0.29) is 0 Å². The minimum atomic E-state index is 0.455. The van der Waals surface area contributed by atoms with Crippen molar-refractivity contribution in [2.45, 2.75) is 13.0 Å². The van der Waals surface area contributed by atoms with Crippen molar-refractivity contribution in [1.82, 2.24) is 5.16 Å². The first-order valence-corrected chi connectivity index (χ1v) is 6.68. The lowest BCUT2D eigenvalue weighted by molar-refractivity contribution is 0.0351. The number of rotatable bonds is 10. The average molecular weight is 277 g/mol. The van der Waals surface area contributed by atoms with Crippen LogP contribution >= 0.6 is 0 Å². The van der Waals surface area contributed by atoms with Gasteiger partial charge >= 0.3 is 0 Å². The molecule has 2 rings (SSSR count). The monoisotopic (exact) mass is 277 g/mol. The number of hydrogen-bond acceptors (Lipinski definition) is 5. The third kappa shape index (κ3) is 5.86. The summed E-state index contributed by atoms with van der Waals surface area (Å²) in [5, 5.41) is 3.75. The van der Waals surface area contributed by atoms with Crippen LogP contribution in [0.3, 0.4) is 0 Å². The van der Waals surface area contributed by atoms with E-state index in [1.54, 1.807) is 6.07 Å². The van der Waals surface area contributed by atoms with Crippen molar-refractivity contribution in [2.75, 3.05) is 26.4 Å².